The van der Waals surface area contributed by atoms with E-state index in [4.69, 9.17) is 0 Å². The Morgan fingerprint density at radius 2 is 1.53 bits per heavy atom. The Labute approximate surface area is 178 Å². The number of carbonyl (C=O) groups is 2. The minimum absolute atomic E-state index is 0.0385. The van der Waals surface area contributed by atoms with E-state index in [-0.39, 0.29) is 18.2 Å². The molecule has 3 aromatic carbocycles. The number of imidazole rings is 1. The second-order valence-corrected chi connectivity index (χ2v) is 7.81. The van der Waals surface area contributed by atoms with Crippen molar-refractivity contribution < 1.29 is 9.59 Å². The Hall–Kier alpha value is -3.58. The molecule has 0 saturated carbocycles. The first kappa shape index (κ1) is 19.7. The van der Waals surface area contributed by atoms with Crippen LogP contribution in [-0.2, 0) is 16.0 Å². The van der Waals surface area contributed by atoms with Crippen LogP contribution in [0.25, 0.3) is 11.0 Å². The Morgan fingerprint density at radius 3 is 2.27 bits per heavy atom. The summed E-state index contributed by atoms with van der Waals surface area (Å²) in [6.07, 6.45) is 0.0385. The van der Waals surface area contributed by atoms with Gasteiger partial charge in [-0.25, -0.2) is 4.98 Å². The molecule has 7 heteroatoms. The maximum atomic E-state index is 12.9. The molecule has 4 aromatic rings. The van der Waals surface area contributed by atoms with Gasteiger partial charge in [0.25, 0.3) is 5.91 Å². The number of fused-ring (bicyclic) bond motifs is 1. The summed E-state index contributed by atoms with van der Waals surface area (Å²) in [7, 11) is 0. The van der Waals surface area contributed by atoms with E-state index in [1.54, 1.807) is 0 Å². The Kier molecular flexibility index (Phi) is 6.10. The summed E-state index contributed by atoms with van der Waals surface area (Å²) >= 11 is 1.43. The third-order valence-electron chi connectivity index (χ3n) is 4.43. The van der Waals surface area contributed by atoms with Gasteiger partial charge in [0.05, 0.1) is 17.5 Å². The molecule has 0 radical (unpaired) electrons. The normalized spacial score (nSPS) is 11.7. The van der Waals surface area contributed by atoms with Crippen molar-refractivity contribution in [1.29, 1.82) is 0 Å². The SMILES string of the molecule is O=C(Cc1nc2ccccc2[nH]1)NNC(=O)[C@H](Sc1ccccc1)c1ccccc1. The summed E-state index contributed by atoms with van der Waals surface area (Å²) < 4.78 is 0. The molecular formula is C23H20N4O2S. The zero-order chi connectivity index (χ0) is 20.8. The van der Waals surface area contributed by atoms with Crippen LogP contribution in [0.2, 0.25) is 0 Å². The Morgan fingerprint density at radius 1 is 0.867 bits per heavy atom. The smallest absolute Gasteiger partial charge is 0.256 e. The number of hydrogen-bond acceptors (Lipinski definition) is 4. The summed E-state index contributed by atoms with van der Waals surface area (Å²) in [6.45, 7) is 0. The number of aromatic nitrogens is 2. The van der Waals surface area contributed by atoms with Crippen LogP contribution in [0.5, 0.6) is 0 Å². The van der Waals surface area contributed by atoms with Crippen LogP contribution in [0.3, 0.4) is 0 Å². The predicted molar refractivity (Wildman–Crippen MR) is 118 cm³/mol. The van der Waals surface area contributed by atoms with Crippen LogP contribution < -0.4 is 10.9 Å². The highest BCUT2D eigenvalue weighted by Crippen LogP contribution is 2.35. The fourth-order valence-electron chi connectivity index (χ4n) is 3.02. The molecule has 0 unspecified atom stereocenters. The standard InChI is InChI=1S/C23H20N4O2S/c28-21(15-20-24-18-13-7-8-14-19(18)25-20)26-27-23(29)22(16-9-3-1-4-10-16)30-17-11-5-2-6-12-17/h1-14,22H,15H2,(H,24,25)(H,26,28)(H,27,29)/t22-/m1/s1. The number of nitrogens with zero attached hydrogens (tertiary/aromatic N) is 1. The highest BCUT2D eigenvalue weighted by atomic mass is 32.2. The summed E-state index contributed by atoms with van der Waals surface area (Å²) in [6, 6.07) is 26.7. The minimum Gasteiger partial charge on any atom is -0.342 e. The number of benzene rings is 3. The summed E-state index contributed by atoms with van der Waals surface area (Å²) in [5.74, 6) is -0.104. The van der Waals surface area contributed by atoms with Crippen molar-refractivity contribution >= 4 is 34.6 Å². The summed E-state index contributed by atoms with van der Waals surface area (Å²) in [4.78, 5) is 33.7. The quantitative estimate of drug-likeness (QED) is 0.330. The number of aromatic amines is 1. The fourth-order valence-corrected chi connectivity index (χ4v) is 4.06. The van der Waals surface area contributed by atoms with E-state index in [2.05, 4.69) is 20.8 Å². The zero-order valence-electron chi connectivity index (χ0n) is 16.0. The third kappa shape index (κ3) is 4.87. The molecule has 0 aliphatic heterocycles. The second-order valence-electron chi connectivity index (χ2n) is 6.64. The number of rotatable bonds is 6. The van der Waals surface area contributed by atoms with Crippen LogP contribution >= 0.6 is 11.8 Å². The number of H-pyrrole nitrogens is 1. The van der Waals surface area contributed by atoms with E-state index >= 15 is 0 Å². The lowest BCUT2D eigenvalue weighted by molar-refractivity contribution is -0.128. The first-order chi connectivity index (χ1) is 14.7. The number of carbonyl (C=O) groups excluding carboxylic acids is 2. The molecule has 1 atom stereocenters. The monoisotopic (exact) mass is 416 g/mol. The Balaban J connectivity index is 1.41. The molecular weight excluding hydrogens is 396 g/mol. The topological polar surface area (TPSA) is 86.9 Å². The fraction of sp³-hybridized carbons (Fsp3) is 0.0870. The number of nitrogens with one attached hydrogen (secondary N) is 3. The summed E-state index contributed by atoms with van der Waals surface area (Å²) in [5, 5.41) is -0.500. The van der Waals surface area contributed by atoms with Crippen molar-refractivity contribution in [2.75, 3.05) is 0 Å². The molecule has 0 saturated heterocycles. The molecule has 4 rings (SSSR count). The van der Waals surface area contributed by atoms with Crippen molar-refractivity contribution in [3.8, 4) is 0 Å². The van der Waals surface area contributed by atoms with Gasteiger partial charge in [-0.05, 0) is 29.8 Å². The lowest BCUT2D eigenvalue weighted by atomic mass is 10.1. The van der Waals surface area contributed by atoms with E-state index in [0.29, 0.717) is 5.82 Å². The van der Waals surface area contributed by atoms with Gasteiger partial charge in [-0.3, -0.25) is 20.4 Å². The molecule has 2 amide bonds. The molecule has 30 heavy (non-hydrogen) atoms. The number of para-hydroxylation sites is 2. The van der Waals surface area contributed by atoms with Gasteiger partial charge in [-0.2, -0.15) is 0 Å². The van der Waals surface area contributed by atoms with Crippen molar-refractivity contribution in [1.82, 2.24) is 20.8 Å². The van der Waals surface area contributed by atoms with Gasteiger partial charge in [-0.15, -0.1) is 11.8 Å². The van der Waals surface area contributed by atoms with Crippen molar-refractivity contribution in [2.24, 2.45) is 0 Å². The van der Waals surface area contributed by atoms with Crippen LogP contribution in [0.4, 0.5) is 0 Å². The van der Waals surface area contributed by atoms with Crippen molar-refractivity contribution in [2.45, 2.75) is 16.6 Å². The number of thioether (sulfide) groups is 1. The van der Waals surface area contributed by atoms with Gasteiger partial charge in [-0.1, -0.05) is 60.7 Å². The molecule has 0 bridgehead atoms. The van der Waals surface area contributed by atoms with Gasteiger partial charge in [0.1, 0.15) is 11.1 Å². The van der Waals surface area contributed by atoms with Crippen LogP contribution in [-0.4, -0.2) is 21.8 Å². The maximum Gasteiger partial charge on any atom is 0.256 e. The van der Waals surface area contributed by atoms with Gasteiger partial charge < -0.3 is 4.98 Å². The first-order valence-corrected chi connectivity index (χ1v) is 10.4. The second kappa shape index (κ2) is 9.28. The van der Waals surface area contributed by atoms with Gasteiger partial charge in [0, 0.05) is 4.90 Å². The van der Waals surface area contributed by atoms with E-state index in [1.807, 2.05) is 84.9 Å². The molecule has 1 heterocycles. The van der Waals surface area contributed by atoms with E-state index in [9.17, 15) is 9.59 Å². The number of amides is 2. The molecule has 6 nitrogen and oxygen atoms in total. The number of hydrazine groups is 1. The molecule has 1 aromatic heterocycles. The molecule has 0 aliphatic carbocycles. The molecule has 150 valence electrons. The highest BCUT2D eigenvalue weighted by Gasteiger charge is 2.22. The van der Waals surface area contributed by atoms with Crippen LogP contribution in [0.1, 0.15) is 16.6 Å². The van der Waals surface area contributed by atoms with Gasteiger partial charge in [0.2, 0.25) is 5.91 Å². The third-order valence-corrected chi connectivity index (χ3v) is 5.70. The molecule has 0 aliphatic rings. The van der Waals surface area contributed by atoms with E-state index in [0.717, 1.165) is 21.5 Å². The highest BCUT2D eigenvalue weighted by molar-refractivity contribution is 8.00. The molecule has 0 spiro atoms. The van der Waals surface area contributed by atoms with Crippen molar-refractivity contribution in [3.05, 3.63) is 96.3 Å². The van der Waals surface area contributed by atoms with E-state index in [1.165, 1.54) is 11.8 Å². The van der Waals surface area contributed by atoms with Crippen molar-refractivity contribution in [3.63, 3.8) is 0 Å². The minimum atomic E-state index is -0.500. The van der Waals surface area contributed by atoms with Crippen LogP contribution in [0, 0.1) is 0 Å². The lowest BCUT2D eigenvalue weighted by Crippen LogP contribution is -2.44. The van der Waals surface area contributed by atoms with Crippen LogP contribution in [0.15, 0.2) is 89.8 Å². The molecule has 0 fully saturated rings. The predicted octanol–water partition coefficient (Wildman–Crippen LogP) is 3.79. The summed E-state index contributed by atoms with van der Waals surface area (Å²) in [5.41, 5.74) is 7.58. The number of hydrogen-bond donors (Lipinski definition) is 3. The van der Waals surface area contributed by atoms with Gasteiger partial charge >= 0.3 is 0 Å². The molecule has 3 N–H and O–H groups in total. The zero-order valence-corrected chi connectivity index (χ0v) is 16.9. The Bertz CT molecular complexity index is 1110. The van der Waals surface area contributed by atoms with Gasteiger partial charge in [0.15, 0.2) is 0 Å². The largest absolute Gasteiger partial charge is 0.342 e. The maximum absolute atomic E-state index is 12.9. The first-order valence-electron chi connectivity index (χ1n) is 9.48. The van der Waals surface area contributed by atoms with E-state index < -0.39 is 5.25 Å². The lowest BCUT2D eigenvalue weighted by Gasteiger charge is -2.17. The average molecular weight is 417 g/mol. The average Bonchev–Trinajstić information content (AvgIpc) is 3.19.